The van der Waals surface area contributed by atoms with E-state index in [1.165, 1.54) is 0 Å². The van der Waals surface area contributed by atoms with Crippen molar-refractivity contribution in [3.05, 3.63) is 53.1 Å². The maximum atomic E-state index is 12.2. The molecule has 6 heteroatoms. The van der Waals surface area contributed by atoms with Crippen LogP contribution in [0.5, 0.6) is 11.5 Å². The van der Waals surface area contributed by atoms with E-state index in [0.717, 1.165) is 10.5 Å². The van der Waals surface area contributed by atoms with Crippen molar-refractivity contribution >= 4 is 29.3 Å². The van der Waals surface area contributed by atoms with Gasteiger partial charge in [0.15, 0.2) is 11.5 Å². The summed E-state index contributed by atoms with van der Waals surface area (Å²) >= 11 is 7.69. The molecule has 4 nitrogen and oxygen atoms in total. The third-order valence-electron chi connectivity index (χ3n) is 3.71. The first kappa shape index (κ1) is 19.5. The molecular formula is C19H22ClNO3S. The maximum Gasteiger partial charge on any atom is 0.221 e. The quantitative estimate of drug-likeness (QED) is 0.674. The molecule has 0 aromatic heterocycles. The Morgan fingerprint density at radius 3 is 2.56 bits per heavy atom. The lowest BCUT2D eigenvalue weighted by atomic mass is 10.1. The van der Waals surface area contributed by atoms with E-state index in [2.05, 4.69) is 5.32 Å². The van der Waals surface area contributed by atoms with Gasteiger partial charge in [-0.2, -0.15) is 0 Å². The fraction of sp³-hybridized carbons (Fsp3) is 0.316. The van der Waals surface area contributed by atoms with Crippen molar-refractivity contribution in [2.24, 2.45) is 0 Å². The van der Waals surface area contributed by atoms with Crippen molar-refractivity contribution in [1.29, 1.82) is 0 Å². The van der Waals surface area contributed by atoms with Gasteiger partial charge in [0.2, 0.25) is 5.91 Å². The largest absolute Gasteiger partial charge is 0.493 e. The van der Waals surface area contributed by atoms with Crippen LogP contribution in [0, 0.1) is 0 Å². The second kappa shape index (κ2) is 9.59. The van der Waals surface area contributed by atoms with Crippen LogP contribution in [0.25, 0.3) is 0 Å². The van der Waals surface area contributed by atoms with Crippen molar-refractivity contribution in [3.63, 3.8) is 0 Å². The van der Waals surface area contributed by atoms with Crippen molar-refractivity contribution in [2.75, 3.05) is 20.0 Å². The number of benzene rings is 2. The van der Waals surface area contributed by atoms with Crippen LogP contribution in [-0.2, 0) is 4.79 Å². The summed E-state index contributed by atoms with van der Waals surface area (Å²) in [5, 5.41) is 3.72. The van der Waals surface area contributed by atoms with E-state index in [1.807, 2.05) is 49.4 Å². The molecule has 1 atom stereocenters. The molecule has 0 heterocycles. The molecule has 2 aromatic carbocycles. The van der Waals surface area contributed by atoms with Crippen LogP contribution >= 0.6 is 23.4 Å². The Hall–Kier alpha value is -1.85. The number of amides is 1. The number of thioether (sulfide) groups is 1. The van der Waals surface area contributed by atoms with Crippen LogP contribution in [0.2, 0.25) is 5.02 Å². The molecule has 0 radical (unpaired) electrons. The number of hydrogen-bond donors (Lipinski definition) is 1. The Balaban J connectivity index is 1.86. The van der Waals surface area contributed by atoms with Crippen LogP contribution in [0.3, 0.4) is 0 Å². The van der Waals surface area contributed by atoms with Gasteiger partial charge in [-0.3, -0.25) is 4.79 Å². The van der Waals surface area contributed by atoms with E-state index in [0.29, 0.717) is 28.7 Å². The highest BCUT2D eigenvalue weighted by Gasteiger charge is 2.13. The molecule has 2 aromatic rings. The molecule has 0 saturated carbocycles. The topological polar surface area (TPSA) is 47.6 Å². The smallest absolute Gasteiger partial charge is 0.221 e. The third-order valence-corrected chi connectivity index (χ3v) is 5.23. The number of hydrogen-bond acceptors (Lipinski definition) is 4. The summed E-state index contributed by atoms with van der Waals surface area (Å²) in [6, 6.07) is 13.2. The minimum Gasteiger partial charge on any atom is -0.493 e. The fourth-order valence-electron chi connectivity index (χ4n) is 2.33. The van der Waals surface area contributed by atoms with Gasteiger partial charge in [-0.05, 0) is 36.8 Å². The summed E-state index contributed by atoms with van der Waals surface area (Å²) in [4.78, 5) is 13.2. The van der Waals surface area contributed by atoms with Crippen LogP contribution in [0.1, 0.15) is 24.9 Å². The van der Waals surface area contributed by atoms with E-state index in [4.69, 9.17) is 21.1 Å². The summed E-state index contributed by atoms with van der Waals surface area (Å²) in [6.45, 7) is 1.94. The molecule has 0 saturated heterocycles. The average Bonchev–Trinajstić information content (AvgIpc) is 2.62. The molecule has 0 aliphatic carbocycles. The van der Waals surface area contributed by atoms with Crippen LogP contribution in [0.15, 0.2) is 47.4 Å². The molecule has 0 bridgehead atoms. The van der Waals surface area contributed by atoms with Gasteiger partial charge in [0.25, 0.3) is 0 Å². The van der Waals surface area contributed by atoms with Gasteiger partial charge < -0.3 is 14.8 Å². The first-order valence-electron chi connectivity index (χ1n) is 7.93. The van der Waals surface area contributed by atoms with Gasteiger partial charge >= 0.3 is 0 Å². The summed E-state index contributed by atoms with van der Waals surface area (Å²) in [7, 11) is 3.19. The summed E-state index contributed by atoms with van der Waals surface area (Å²) in [5.41, 5.74) is 0.963. The van der Waals surface area contributed by atoms with E-state index < -0.39 is 0 Å². The number of carbonyl (C=O) groups excluding carboxylic acids is 1. The lowest BCUT2D eigenvalue weighted by Crippen LogP contribution is -2.26. The number of rotatable bonds is 8. The molecule has 0 aliphatic rings. The van der Waals surface area contributed by atoms with E-state index in [-0.39, 0.29) is 11.9 Å². The first-order valence-corrected chi connectivity index (χ1v) is 9.30. The van der Waals surface area contributed by atoms with Crippen molar-refractivity contribution < 1.29 is 14.3 Å². The maximum absolute atomic E-state index is 12.2. The van der Waals surface area contributed by atoms with E-state index in [9.17, 15) is 4.79 Å². The Bertz CT molecular complexity index is 724. The molecule has 0 spiro atoms. The summed E-state index contributed by atoms with van der Waals surface area (Å²) in [6.07, 6.45) is 0.424. The number of ether oxygens (including phenoxy) is 2. The molecule has 25 heavy (non-hydrogen) atoms. The zero-order valence-corrected chi connectivity index (χ0v) is 16.1. The van der Waals surface area contributed by atoms with Crippen molar-refractivity contribution in [2.45, 2.75) is 24.3 Å². The fourth-order valence-corrected chi connectivity index (χ4v) is 3.52. The highest BCUT2D eigenvalue weighted by Crippen LogP contribution is 2.30. The number of halogens is 1. The monoisotopic (exact) mass is 379 g/mol. The molecular weight excluding hydrogens is 358 g/mol. The van der Waals surface area contributed by atoms with Crippen molar-refractivity contribution in [3.8, 4) is 11.5 Å². The number of methoxy groups -OCH3 is 2. The highest BCUT2D eigenvalue weighted by molar-refractivity contribution is 7.99. The molecule has 1 amide bonds. The molecule has 1 N–H and O–H groups in total. The summed E-state index contributed by atoms with van der Waals surface area (Å²) < 4.78 is 10.5. The predicted octanol–water partition coefficient (Wildman–Crippen LogP) is 4.72. The second-order valence-electron chi connectivity index (χ2n) is 5.43. The lowest BCUT2D eigenvalue weighted by Gasteiger charge is -2.16. The lowest BCUT2D eigenvalue weighted by molar-refractivity contribution is -0.121. The van der Waals surface area contributed by atoms with Gasteiger partial charge in [0.1, 0.15) is 0 Å². The Morgan fingerprint density at radius 1 is 1.16 bits per heavy atom. The molecule has 134 valence electrons. The summed E-state index contributed by atoms with van der Waals surface area (Å²) in [5.74, 6) is 1.99. The van der Waals surface area contributed by atoms with Gasteiger partial charge in [-0.25, -0.2) is 0 Å². The van der Waals surface area contributed by atoms with Gasteiger partial charge in [-0.1, -0.05) is 29.8 Å². The predicted molar refractivity (Wildman–Crippen MR) is 103 cm³/mol. The third kappa shape index (κ3) is 5.58. The van der Waals surface area contributed by atoms with Crippen LogP contribution in [-0.4, -0.2) is 25.9 Å². The van der Waals surface area contributed by atoms with Crippen LogP contribution < -0.4 is 14.8 Å². The van der Waals surface area contributed by atoms with Crippen molar-refractivity contribution in [1.82, 2.24) is 5.32 Å². The SMILES string of the molecule is COc1ccc(C(C)NC(=O)CCSc2ccccc2Cl)cc1OC. The van der Waals surface area contributed by atoms with Crippen LogP contribution in [0.4, 0.5) is 0 Å². The van der Waals surface area contributed by atoms with Gasteiger partial charge in [0.05, 0.1) is 25.3 Å². The standard InChI is InChI=1S/C19H22ClNO3S/c1-13(14-8-9-16(23-2)17(12-14)24-3)21-19(22)10-11-25-18-7-5-4-6-15(18)20/h4-9,12-13H,10-11H2,1-3H3,(H,21,22). The minimum atomic E-state index is -0.113. The Kier molecular flexibility index (Phi) is 7.47. The Morgan fingerprint density at radius 2 is 1.88 bits per heavy atom. The number of carbonyl (C=O) groups is 1. The second-order valence-corrected chi connectivity index (χ2v) is 6.98. The first-order chi connectivity index (χ1) is 12.0. The zero-order chi connectivity index (χ0) is 18.2. The molecule has 0 aliphatic heterocycles. The highest BCUT2D eigenvalue weighted by atomic mass is 35.5. The zero-order valence-electron chi connectivity index (χ0n) is 14.5. The average molecular weight is 380 g/mol. The van der Waals surface area contributed by atoms with E-state index >= 15 is 0 Å². The van der Waals surface area contributed by atoms with Gasteiger partial charge in [-0.15, -0.1) is 11.8 Å². The van der Waals surface area contributed by atoms with Gasteiger partial charge in [0, 0.05) is 17.1 Å². The number of nitrogens with one attached hydrogen (secondary N) is 1. The molecule has 1 unspecified atom stereocenters. The van der Waals surface area contributed by atoms with E-state index in [1.54, 1.807) is 26.0 Å². The minimum absolute atomic E-state index is 0.00170. The molecule has 2 rings (SSSR count). The molecule has 0 fully saturated rings. The Labute approximate surface area is 157 Å². The normalized spacial score (nSPS) is 11.7.